The molecule has 16 heavy (non-hydrogen) atoms. The fourth-order valence-corrected chi connectivity index (χ4v) is 1.72. The zero-order chi connectivity index (χ0) is 12.3. The van der Waals surface area contributed by atoms with Crippen LogP contribution in [0.1, 0.15) is 23.1 Å². The molecule has 4 heteroatoms. The van der Waals surface area contributed by atoms with Gasteiger partial charge >= 0.3 is 0 Å². The van der Waals surface area contributed by atoms with E-state index in [2.05, 4.69) is 5.32 Å². The summed E-state index contributed by atoms with van der Waals surface area (Å²) >= 11 is 0. The first-order valence-corrected chi connectivity index (χ1v) is 5.06. The molecule has 0 unspecified atom stereocenters. The molecule has 0 spiro atoms. The SMILES string of the molecule is Cc1cc(C)c(NC(=O)CC(N)=O)c(C)c1. The first kappa shape index (κ1) is 12.2. The monoisotopic (exact) mass is 220 g/mol. The number of carbonyl (C=O) groups excluding carboxylic acids is 2. The second-order valence-corrected chi connectivity index (χ2v) is 3.96. The van der Waals surface area contributed by atoms with Gasteiger partial charge in [0.25, 0.3) is 0 Å². The number of nitrogens with one attached hydrogen (secondary N) is 1. The van der Waals surface area contributed by atoms with E-state index in [0.29, 0.717) is 0 Å². The van der Waals surface area contributed by atoms with Crippen molar-refractivity contribution in [3.63, 3.8) is 0 Å². The molecular weight excluding hydrogens is 204 g/mol. The quantitative estimate of drug-likeness (QED) is 0.756. The summed E-state index contributed by atoms with van der Waals surface area (Å²) in [4.78, 5) is 22.0. The first-order valence-electron chi connectivity index (χ1n) is 5.06. The lowest BCUT2D eigenvalue weighted by atomic mass is 10.1. The summed E-state index contributed by atoms with van der Waals surface area (Å²) in [5.74, 6) is -0.998. The summed E-state index contributed by atoms with van der Waals surface area (Å²) in [5, 5.41) is 2.70. The minimum absolute atomic E-state index is 0.285. The van der Waals surface area contributed by atoms with Crippen molar-refractivity contribution in [3.05, 3.63) is 28.8 Å². The fraction of sp³-hybridized carbons (Fsp3) is 0.333. The number of aryl methyl sites for hydroxylation is 3. The maximum atomic E-state index is 11.4. The van der Waals surface area contributed by atoms with Gasteiger partial charge in [0.05, 0.1) is 0 Å². The lowest BCUT2D eigenvalue weighted by molar-refractivity contribution is -0.124. The van der Waals surface area contributed by atoms with Gasteiger partial charge in [0.1, 0.15) is 6.42 Å². The van der Waals surface area contributed by atoms with E-state index in [1.165, 1.54) is 0 Å². The van der Waals surface area contributed by atoms with Crippen LogP contribution < -0.4 is 11.1 Å². The van der Waals surface area contributed by atoms with E-state index in [1.807, 2.05) is 32.9 Å². The predicted molar refractivity (Wildman–Crippen MR) is 63.1 cm³/mol. The van der Waals surface area contributed by atoms with Gasteiger partial charge in [0, 0.05) is 5.69 Å². The van der Waals surface area contributed by atoms with E-state index in [-0.39, 0.29) is 12.3 Å². The molecule has 0 heterocycles. The molecule has 0 fully saturated rings. The molecule has 0 saturated carbocycles. The van der Waals surface area contributed by atoms with Crippen molar-refractivity contribution in [2.24, 2.45) is 5.73 Å². The fourth-order valence-electron chi connectivity index (χ4n) is 1.72. The molecule has 1 rings (SSSR count). The van der Waals surface area contributed by atoms with Gasteiger partial charge in [-0.1, -0.05) is 17.7 Å². The van der Waals surface area contributed by atoms with E-state index >= 15 is 0 Å². The molecule has 0 aliphatic rings. The Bertz CT molecular complexity index is 416. The second kappa shape index (κ2) is 4.79. The molecule has 3 N–H and O–H groups in total. The van der Waals surface area contributed by atoms with Gasteiger partial charge in [-0.15, -0.1) is 0 Å². The molecule has 1 aromatic carbocycles. The van der Waals surface area contributed by atoms with Crippen LogP contribution >= 0.6 is 0 Å². The minimum atomic E-state index is -0.625. The van der Waals surface area contributed by atoms with Gasteiger partial charge < -0.3 is 11.1 Å². The largest absolute Gasteiger partial charge is 0.369 e. The Morgan fingerprint density at radius 2 is 1.69 bits per heavy atom. The molecule has 0 aromatic heterocycles. The Balaban J connectivity index is 2.89. The summed E-state index contributed by atoms with van der Waals surface area (Å²) in [6.07, 6.45) is -0.285. The zero-order valence-electron chi connectivity index (χ0n) is 9.76. The Hall–Kier alpha value is -1.84. The highest BCUT2D eigenvalue weighted by Crippen LogP contribution is 2.21. The number of primary amides is 1. The van der Waals surface area contributed by atoms with Crippen LogP contribution in [0.4, 0.5) is 5.69 Å². The standard InChI is InChI=1S/C12H16N2O2/c1-7-4-8(2)12(9(3)5-7)14-11(16)6-10(13)15/h4-5H,6H2,1-3H3,(H2,13,15)(H,14,16). The number of nitrogens with two attached hydrogens (primary N) is 1. The molecule has 0 aliphatic heterocycles. The molecule has 0 radical (unpaired) electrons. The summed E-state index contributed by atoms with van der Waals surface area (Å²) in [6.45, 7) is 5.83. The molecule has 0 bridgehead atoms. The van der Waals surface area contributed by atoms with Crippen molar-refractivity contribution in [2.45, 2.75) is 27.2 Å². The van der Waals surface area contributed by atoms with Crippen LogP contribution in [-0.2, 0) is 9.59 Å². The molecule has 0 aliphatic carbocycles. The third kappa shape index (κ3) is 3.08. The van der Waals surface area contributed by atoms with Gasteiger partial charge in [0.2, 0.25) is 11.8 Å². The van der Waals surface area contributed by atoms with Gasteiger partial charge in [0.15, 0.2) is 0 Å². The van der Waals surface area contributed by atoms with Crippen molar-refractivity contribution >= 4 is 17.5 Å². The zero-order valence-corrected chi connectivity index (χ0v) is 9.76. The average molecular weight is 220 g/mol. The molecular formula is C12H16N2O2. The topological polar surface area (TPSA) is 72.2 Å². The highest BCUT2D eigenvalue weighted by Gasteiger charge is 2.10. The molecule has 86 valence electrons. The minimum Gasteiger partial charge on any atom is -0.369 e. The molecule has 0 atom stereocenters. The van der Waals surface area contributed by atoms with Crippen LogP contribution in [0.15, 0.2) is 12.1 Å². The van der Waals surface area contributed by atoms with E-state index in [0.717, 1.165) is 22.4 Å². The Morgan fingerprint density at radius 3 is 2.12 bits per heavy atom. The van der Waals surface area contributed by atoms with Crippen molar-refractivity contribution in [1.82, 2.24) is 0 Å². The van der Waals surface area contributed by atoms with Gasteiger partial charge in [-0.2, -0.15) is 0 Å². The maximum Gasteiger partial charge on any atom is 0.233 e. The molecule has 0 saturated heterocycles. The van der Waals surface area contributed by atoms with E-state index < -0.39 is 5.91 Å². The smallest absolute Gasteiger partial charge is 0.233 e. The van der Waals surface area contributed by atoms with E-state index in [1.54, 1.807) is 0 Å². The van der Waals surface area contributed by atoms with Crippen LogP contribution in [0.3, 0.4) is 0 Å². The summed E-state index contributed by atoms with van der Waals surface area (Å²) in [5.41, 5.74) is 8.81. The lowest BCUT2D eigenvalue weighted by Gasteiger charge is -2.12. The van der Waals surface area contributed by atoms with Gasteiger partial charge in [-0.3, -0.25) is 9.59 Å². The molecule has 2 amide bonds. The number of benzene rings is 1. The van der Waals surface area contributed by atoms with Crippen LogP contribution in [0.5, 0.6) is 0 Å². The number of hydrogen-bond donors (Lipinski definition) is 2. The third-order valence-electron chi connectivity index (χ3n) is 2.28. The van der Waals surface area contributed by atoms with Gasteiger partial charge in [-0.05, 0) is 31.9 Å². The van der Waals surface area contributed by atoms with Crippen LogP contribution in [-0.4, -0.2) is 11.8 Å². The first-order chi connectivity index (χ1) is 7.40. The van der Waals surface area contributed by atoms with Crippen molar-refractivity contribution in [3.8, 4) is 0 Å². The molecule has 1 aromatic rings. The van der Waals surface area contributed by atoms with Crippen molar-refractivity contribution < 1.29 is 9.59 Å². The highest BCUT2D eigenvalue weighted by atomic mass is 16.2. The van der Waals surface area contributed by atoms with Crippen LogP contribution in [0.2, 0.25) is 0 Å². The highest BCUT2D eigenvalue weighted by molar-refractivity contribution is 6.03. The number of anilines is 1. The van der Waals surface area contributed by atoms with Crippen molar-refractivity contribution in [2.75, 3.05) is 5.32 Å². The summed E-state index contributed by atoms with van der Waals surface area (Å²) in [7, 11) is 0. The third-order valence-corrected chi connectivity index (χ3v) is 2.28. The number of amides is 2. The lowest BCUT2D eigenvalue weighted by Crippen LogP contribution is -2.22. The molecule has 4 nitrogen and oxygen atoms in total. The number of rotatable bonds is 3. The normalized spacial score (nSPS) is 9.94. The summed E-state index contributed by atoms with van der Waals surface area (Å²) in [6, 6.07) is 3.96. The summed E-state index contributed by atoms with van der Waals surface area (Å²) < 4.78 is 0. The Labute approximate surface area is 94.8 Å². The van der Waals surface area contributed by atoms with E-state index in [9.17, 15) is 9.59 Å². The predicted octanol–water partition coefficient (Wildman–Crippen LogP) is 1.43. The number of hydrogen-bond acceptors (Lipinski definition) is 2. The Kier molecular flexibility index (Phi) is 3.66. The van der Waals surface area contributed by atoms with Crippen LogP contribution in [0, 0.1) is 20.8 Å². The Morgan fingerprint density at radius 1 is 1.19 bits per heavy atom. The van der Waals surface area contributed by atoms with Crippen molar-refractivity contribution in [1.29, 1.82) is 0 Å². The second-order valence-electron chi connectivity index (χ2n) is 3.96. The van der Waals surface area contributed by atoms with E-state index in [4.69, 9.17) is 5.73 Å². The average Bonchev–Trinajstić information content (AvgIpc) is 2.09. The van der Waals surface area contributed by atoms with Crippen LogP contribution in [0.25, 0.3) is 0 Å². The maximum absolute atomic E-state index is 11.4. The van der Waals surface area contributed by atoms with Gasteiger partial charge in [-0.25, -0.2) is 0 Å². The number of carbonyl (C=O) groups is 2.